The lowest BCUT2D eigenvalue weighted by Gasteiger charge is -2.18. The molecule has 0 heterocycles. The van der Waals surface area contributed by atoms with Crippen LogP contribution >= 0.6 is 15.9 Å². The van der Waals surface area contributed by atoms with Crippen LogP contribution in [0.15, 0.2) is 40.9 Å². The van der Waals surface area contributed by atoms with Gasteiger partial charge in [-0.15, -0.1) is 12.3 Å². The van der Waals surface area contributed by atoms with E-state index < -0.39 is 0 Å². The lowest BCUT2D eigenvalue weighted by molar-refractivity contribution is 0.506. The summed E-state index contributed by atoms with van der Waals surface area (Å²) < 4.78 is 1.12. The molecular formula is C18H20BrN. The van der Waals surface area contributed by atoms with Gasteiger partial charge in [0.1, 0.15) is 0 Å². The Balaban J connectivity index is 2.27. The molecule has 0 saturated carbocycles. The van der Waals surface area contributed by atoms with Crippen LogP contribution in [0.4, 0.5) is 0 Å². The Labute approximate surface area is 129 Å². The second-order valence-electron chi connectivity index (χ2n) is 5.00. The Morgan fingerprint density at radius 2 is 1.95 bits per heavy atom. The van der Waals surface area contributed by atoms with Crippen LogP contribution in [0, 0.1) is 12.3 Å². The monoisotopic (exact) mass is 329 g/mol. The molecule has 0 aliphatic heterocycles. The number of fused-ring (bicyclic) bond motifs is 1. The quantitative estimate of drug-likeness (QED) is 0.730. The first-order chi connectivity index (χ1) is 9.74. The van der Waals surface area contributed by atoms with E-state index in [4.69, 9.17) is 6.42 Å². The van der Waals surface area contributed by atoms with E-state index in [-0.39, 0.29) is 0 Å². The minimum absolute atomic E-state index is 0.346. The summed E-state index contributed by atoms with van der Waals surface area (Å²) in [4.78, 5) is 0. The van der Waals surface area contributed by atoms with Gasteiger partial charge in [-0.1, -0.05) is 41.1 Å². The fourth-order valence-electron chi connectivity index (χ4n) is 2.38. The van der Waals surface area contributed by atoms with Crippen molar-refractivity contribution in [2.24, 2.45) is 0 Å². The zero-order valence-electron chi connectivity index (χ0n) is 11.8. The van der Waals surface area contributed by atoms with Gasteiger partial charge >= 0.3 is 0 Å². The van der Waals surface area contributed by atoms with Gasteiger partial charge in [0.2, 0.25) is 0 Å². The fourth-order valence-corrected chi connectivity index (χ4v) is 2.76. The van der Waals surface area contributed by atoms with E-state index in [0.717, 1.165) is 30.3 Å². The van der Waals surface area contributed by atoms with Crippen molar-refractivity contribution in [3.05, 3.63) is 46.4 Å². The highest BCUT2D eigenvalue weighted by Gasteiger charge is 2.10. The maximum Gasteiger partial charge on any atom is 0.0329 e. The first-order valence-electron chi connectivity index (χ1n) is 7.10. The van der Waals surface area contributed by atoms with Crippen LogP contribution in [-0.4, -0.2) is 6.54 Å². The molecule has 0 radical (unpaired) electrons. The van der Waals surface area contributed by atoms with Crippen molar-refractivity contribution >= 4 is 26.7 Å². The van der Waals surface area contributed by atoms with Gasteiger partial charge in [0.05, 0.1) is 0 Å². The van der Waals surface area contributed by atoms with Gasteiger partial charge in [-0.3, -0.25) is 0 Å². The number of hydrogen-bond donors (Lipinski definition) is 1. The summed E-state index contributed by atoms with van der Waals surface area (Å²) in [6.07, 6.45) is 8.33. The highest BCUT2D eigenvalue weighted by atomic mass is 79.9. The summed E-state index contributed by atoms with van der Waals surface area (Å²) in [7, 11) is 0. The fraction of sp³-hybridized carbons (Fsp3) is 0.333. The van der Waals surface area contributed by atoms with Crippen LogP contribution in [-0.2, 0) is 0 Å². The molecule has 1 N–H and O–H groups in total. The molecule has 104 valence electrons. The van der Waals surface area contributed by atoms with E-state index in [1.54, 1.807) is 0 Å². The molecule has 2 rings (SSSR count). The maximum atomic E-state index is 5.41. The molecule has 2 heteroatoms. The molecule has 0 bridgehead atoms. The van der Waals surface area contributed by atoms with E-state index in [2.05, 4.69) is 70.5 Å². The topological polar surface area (TPSA) is 12.0 Å². The standard InChI is InChI=1S/C18H20BrN/c1-3-5-6-18(20-11-4-2)16-8-7-15-13-17(19)10-9-14(15)12-16/h1,7-10,12-13,18,20H,4-6,11H2,2H3. The van der Waals surface area contributed by atoms with Crippen molar-refractivity contribution < 1.29 is 0 Å². The van der Waals surface area contributed by atoms with Crippen LogP contribution in [0.5, 0.6) is 0 Å². The number of nitrogens with one attached hydrogen (secondary N) is 1. The average Bonchev–Trinajstić information content (AvgIpc) is 2.47. The molecule has 0 fully saturated rings. The summed E-state index contributed by atoms with van der Waals surface area (Å²) in [5, 5.41) is 6.12. The van der Waals surface area contributed by atoms with E-state index in [1.165, 1.54) is 16.3 Å². The summed E-state index contributed by atoms with van der Waals surface area (Å²) in [5.41, 5.74) is 1.32. The maximum absolute atomic E-state index is 5.41. The number of halogens is 1. The van der Waals surface area contributed by atoms with Crippen molar-refractivity contribution in [3.63, 3.8) is 0 Å². The van der Waals surface area contributed by atoms with Crippen molar-refractivity contribution in [3.8, 4) is 12.3 Å². The SMILES string of the molecule is C#CCCC(NCCC)c1ccc2cc(Br)ccc2c1. The highest BCUT2D eigenvalue weighted by molar-refractivity contribution is 9.10. The molecule has 2 aromatic carbocycles. The Kier molecular flexibility index (Phi) is 5.64. The number of rotatable bonds is 6. The Hall–Kier alpha value is -1.30. The van der Waals surface area contributed by atoms with E-state index >= 15 is 0 Å². The molecule has 0 spiro atoms. The summed E-state index contributed by atoms with van der Waals surface area (Å²) in [6, 6.07) is 13.4. The Morgan fingerprint density at radius 1 is 1.20 bits per heavy atom. The van der Waals surface area contributed by atoms with E-state index in [9.17, 15) is 0 Å². The molecule has 0 saturated heterocycles. The number of benzene rings is 2. The Morgan fingerprint density at radius 3 is 2.70 bits per heavy atom. The predicted octanol–water partition coefficient (Wildman–Crippen LogP) is 5.06. The van der Waals surface area contributed by atoms with E-state index in [1.807, 2.05) is 0 Å². The average molecular weight is 330 g/mol. The largest absolute Gasteiger partial charge is 0.310 e. The van der Waals surface area contributed by atoms with Crippen LogP contribution in [0.3, 0.4) is 0 Å². The van der Waals surface area contributed by atoms with Gasteiger partial charge < -0.3 is 5.32 Å². The molecule has 1 atom stereocenters. The van der Waals surface area contributed by atoms with Gasteiger partial charge in [0.15, 0.2) is 0 Å². The number of hydrogen-bond acceptors (Lipinski definition) is 1. The highest BCUT2D eigenvalue weighted by Crippen LogP contribution is 2.25. The third-order valence-corrected chi connectivity index (χ3v) is 3.94. The van der Waals surface area contributed by atoms with Crippen LogP contribution < -0.4 is 5.32 Å². The van der Waals surface area contributed by atoms with Crippen LogP contribution in [0.2, 0.25) is 0 Å². The lowest BCUT2D eigenvalue weighted by Crippen LogP contribution is -2.22. The third kappa shape index (κ3) is 3.85. The zero-order valence-corrected chi connectivity index (χ0v) is 13.4. The Bertz CT molecular complexity index is 612. The molecule has 1 nitrogen and oxygen atoms in total. The predicted molar refractivity (Wildman–Crippen MR) is 90.7 cm³/mol. The zero-order chi connectivity index (χ0) is 14.4. The molecule has 1 unspecified atom stereocenters. The summed E-state index contributed by atoms with van der Waals surface area (Å²) in [6.45, 7) is 3.21. The van der Waals surface area contributed by atoms with Crippen LogP contribution in [0.1, 0.15) is 37.8 Å². The van der Waals surface area contributed by atoms with E-state index in [0.29, 0.717) is 6.04 Å². The smallest absolute Gasteiger partial charge is 0.0329 e. The summed E-state index contributed by atoms with van der Waals surface area (Å²) >= 11 is 3.51. The first-order valence-corrected chi connectivity index (χ1v) is 7.90. The van der Waals surface area contributed by atoms with Crippen molar-refractivity contribution in [1.82, 2.24) is 5.32 Å². The van der Waals surface area contributed by atoms with Gasteiger partial charge in [0.25, 0.3) is 0 Å². The molecule has 2 aromatic rings. The molecule has 0 amide bonds. The molecule has 0 aliphatic carbocycles. The second-order valence-corrected chi connectivity index (χ2v) is 5.92. The molecule has 0 aliphatic rings. The summed E-state index contributed by atoms with van der Waals surface area (Å²) in [5.74, 6) is 2.74. The lowest BCUT2D eigenvalue weighted by atomic mass is 9.98. The minimum atomic E-state index is 0.346. The van der Waals surface area contributed by atoms with Gasteiger partial charge in [0, 0.05) is 16.9 Å². The molecular weight excluding hydrogens is 310 g/mol. The molecule has 20 heavy (non-hydrogen) atoms. The normalized spacial score (nSPS) is 12.2. The minimum Gasteiger partial charge on any atom is -0.310 e. The first kappa shape index (κ1) is 15.1. The van der Waals surface area contributed by atoms with Crippen molar-refractivity contribution in [2.45, 2.75) is 32.2 Å². The third-order valence-electron chi connectivity index (χ3n) is 3.45. The van der Waals surface area contributed by atoms with Crippen LogP contribution in [0.25, 0.3) is 10.8 Å². The van der Waals surface area contributed by atoms with Gasteiger partial charge in [-0.2, -0.15) is 0 Å². The van der Waals surface area contributed by atoms with Gasteiger partial charge in [-0.25, -0.2) is 0 Å². The molecule has 0 aromatic heterocycles. The van der Waals surface area contributed by atoms with Gasteiger partial charge in [-0.05, 0) is 53.9 Å². The van der Waals surface area contributed by atoms with Crippen molar-refractivity contribution in [1.29, 1.82) is 0 Å². The second kappa shape index (κ2) is 7.47. The number of terminal acetylenes is 1. The van der Waals surface area contributed by atoms with Crippen molar-refractivity contribution in [2.75, 3.05) is 6.54 Å².